The minimum absolute atomic E-state index is 0.0491. The molecule has 1 heterocycles. The van der Waals surface area contributed by atoms with Crippen LogP contribution in [0.25, 0.3) is 0 Å². The highest BCUT2D eigenvalue weighted by Crippen LogP contribution is 2.24. The SMILES string of the molecule is CC(C)(C)CCOC(=O)c1csc(S(=O)(=O)Cl)c1. The van der Waals surface area contributed by atoms with Crippen molar-refractivity contribution < 1.29 is 17.9 Å². The van der Waals surface area contributed by atoms with E-state index in [9.17, 15) is 13.2 Å². The summed E-state index contributed by atoms with van der Waals surface area (Å²) >= 11 is 0.903. The number of ether oxygens (including phenoxy) is 1. The molecule has 1 aromatic rings. The highest BCUT2D eigenvalue weighted by molar-refractivity contribution is 8.15. The van der Waals surface area contributed by atoms with Crippen molar-refractivity contribution in [3.05, 3.63) is 17.0 Å². The van der Waals surface area contributed by atoms with E-state index in [0.717, 1.165) is 17.8 Å². The molecule has 0 fully saturated rings. The number of halogens is 1. The first-order chi connectivity index (χ1) is 8.09. The lowest BCUT2D eigenvalue weighted by molar-refractivity contribution is 0.0465. The Morgan fingerprint density at radius 3 is 2.50 bits per heavy atom. The molecule has 102 valence electrons. The van der Waals surface area contributed by atoms with Gasteiger partial charge in [0.15, 0.2) is 0 Å². The molecule has 1 rings (SSSR count). The van der Waals surface area contributed by atoms with Gasteiger partial charge in [0.1, 0.15) is 4.21 Å². The predicted octanol–water partition coefficient (Wildman–Crippen LogP) is 3.27. The van der Waals surface area contributed by atoms with Crippen LogP contribution in [-0.4, -0.2) is 21.0 Å². The molecule has 0 atom stereocenters. The lowest BCUT2D eigenvalue weighted by atomic mass is 9.93. The fourth-order valence-electron chi connectivity index (χ4n) is 1.08. The van der Waals surface area contributed by atoms with E-state index in [-0.39, 0.29) is 15.2 Å². The van der Waals surface area contributed by atoms with Crippen molar-refractivity contribution in [1.82, 2.24) is 0 Å². The van der Waals surface area contributed by atoms with Crippen molar-refractivity contribution in [2.45, 2.75) is 31.4 Å². The molecule has 0 bridgehead atoms. The van der Waals surface area contributed by atoms with Gasteiger partial charge in [0.25, 0.3) is 9.05 Å². The van der Waals surface area contributed by atoms with Crippen molar-refractivity contribution in [3.8, 4) is 0 Å². The number of thiophene rings is 1. The molecule has 4 nitrogen and oxygen atoms in total. The first-order valence-electron chi connectivity index (χ1n) is 5.30. The van der Waals surface area contributed by atoms with E-state index in [4.69, 9.17) is 15.4 Å². The Balaban J connectivity index is 2.61. The summed E-state index contributed by atoms with van der Waals surface area (Å²) in [5.74, 6) is -0.526. The monoisotopic (exact) mass is 310 g/mol. The highest BCUT2D eigenvalue weighted by Gasteiger charge is 2.18. The topological polar surface area (TPSA) is 60.4 Å². The number of carbonyl (C=O) groups is 1. The lowest BCUT2D eigenvalue weighted by Gasteiger charge is -2.17. The number of esters is 1. The van der Waals surface area contributed by atoms with Crippen molar-refractivity contribution in [2.24, 2.45) is 5.41 Å². The number of carbonyl (C=O) groups excluding carboxylic acids is 1. The van der Waals surface area contributed by atoms with Crippen LogP contribution in [0, 0.1) is 5.41 Å². The fraction of sp³-hybridized carbons (Fsp3) is 0.545. The molecule has 0 aliphatic heterocycles. The van der Waals surface area contributed by atoms with Crippen molar-refractivity contribution in [2.75, 3.05) is 6.61 Å². The average molecular weight is 311 g/mol. The Hall–Kier alpha value is -0.590. The smallest absolute Gasteiger partial charge is 0.339 e. The second-order valence-electron chi connectivity index (χ2n) is 5.04. The number of hydrogen-bond acceptors (Lipinski definition) is 5. The van der Waals surface area contributed by atoms with E-state index in [1.54, 1.807) is 0 Å². The minimum Gasteiger partial charge on any atom is -0.462 e. The molecule has 0 unspecified atom stereocenters. The summed E-state index contributed by atoms with van der Waals surface area (Å²) in [6, 6.07) is 1.23. The molecular formula is C11H15ClO4S2. The molecule has 0 aliphatic carbocycles. The van der Waals surface area contributed by atoms with Crippen LogP contribution in [0.15, 0.2) is 15.7 Å². The minimum atomic E-state index is -3.78. The van der Waals surface area contributed by atoms with Gasteiger partial charge in [0.2, 0.25) is 0 Å². The molecule has 0 amide bonds. The van der Waals surface area contributed by atoms with Gasteiger partial charge in [0.05, 0.1) is 12.2 Å². The average Bonchev–Trinajstić information content (AvgIpc) is 2.62. The summed E-state index contributed by atoms with van der Waals surface area (Å²) in [7, 11) is 1.39. The van der Waals surface area contributed by atoms with Crippen molar-refractivity contribution in [1.29, 1.82) is 0 Å². The van der Waals surface area contributed by atoms with Crippen LogP contribution in [0.5, 0.6) is 0 Å². The first kappa shape index (κ1) is 15.5. The predicted molar refractivity (Wildman–Crippen MR) is 71.7 cm³/mol. The van der Waals surface area contributed by atoms with Gasteiger partial charge >= 0.3 is 5.97 Å². The summed E-state index contributed by atoms with van der Waals surface area (Å²) in [6.45, 7) is 6.44. The van der Waals surface area contributed by atoms with Crippen LogP contribution in [-0.2, 0) is 13.8 Å². The van der Waals surface area contributed by atoms with Crippen molar-refractivity contribution >= 4 is 37.0 Å². The second kappa shape index (κ2) is 5.59. The second-order valence-corrected chi connectivity index (χ2v) is 8.74. The van der Waals surface area contributed by atoms with E-state index in [1.165, 1.54) is 11.4 Å². The number of hydrogen-bond donors (Lipinski definition) is 0. The molecule has 0 N–H and O–H groups in total. The van der Waals surface area contributed by atoms with E-state index >= 15 is 0 Å². The molecule has 0 radical (unpaired) electrons. The van der Waals surface area contributed by atoms with Crippen LogP contribution in [0.4, 0.5) is 0 Å². The Kier molecular flexibility index (Phi) is 4.80. The summed E-state index contributed by atoms with van der Waals surface area (Å²) in [4.78, 5) is 11.6. The summed E-state index contributed by atoms with van der Waals surface area (Å²) in [5.41, 5.74) is 0.299. The molecule has 0 spiro atoms. The molecule has 1 aromatic heterocycles. The van der Waals surface area contributed by atoms with E-state index < -0.39 is 15.0 Å². The molecule has 0 saturated carbocycles. The van der Waals surface area contributed by atoms with E-state index in [0.29, 0.717) is 6.61 Å². The van der Waals surface area contributed by atoms with Crippen LogP contribution in [0.1, 0.15) is 37.6 Å². The van der Waals surface area contributed by atoms with Gasteiger partial charge in [-0.2, -0.15) is 0 Å². The quantitative estimate of drug-likeness (QED) is 0.632. The molecule has 0 saturated heterocycles. The zero-order chi connectivity index (χ0) is 14.0. The maximum atomic E-state index is 11.6. The molecule has 0 aromatic carbocycles. The Labute approximate surface area is 115 Å². The highest BCUT2D eigenvalue weighted by atomic mass is 35.7. The zero-order valence-corrected chi connectivity index (χ0v) is 12.8. The van der Waals surface area contributed by atoms with E-state index in [2.05, 4.69) is 0 Å². The van der Waals surface area contributed by atoms with E-state index in [1.807, 2.05) is 20.8 Å². The zero-order valence-electron chi connectivity index (χ0n) is 10.4. The van der Waals surface area contributed by atoms with Gasteiger partial charge in [-0.15, -0.1) is 11.3 Å². The van der Waals surface area contributed by atoms with Gasteiger partial charge in [-0.1, -0.05) is 20.8 Å². The van der Waals surface area contributed by atoms with Gasteiger partial charge < -0.3 is 4.74 Å². The van der Waals surface area contributed by atoms with Gasteiger partial charge in [-0.25, -0.2) is 13.2 Å². The summed E-state index contributed by atoms with van der Waals surface area (Å²) < 4.78 is 27.1. The third-order valence-corrected chi connectivity index (χ3v) is 5.18. The maximum Gasteiger partial charge on any atom is 0.339 e. The Morgan fingerprint density at radius 2 is 2.06 bits per heavy atom. The van der Waals surface area contributed by atoms with Crippen molar-refractivity contribution in [3.63, 3.8) is 0 Å². The standard InChI is InChI=1S/C11H15ClO4S2/c1-11(2,3)4-5-16-10(13)8-6-9(17-7-8)18(12,14)15/h6-7H,4-5H2,1-3H3. The normalized spacial score (nSPS) is 12.4. The third-order valence-electron chi connectivity index (χ3n) is 2.14. The van der Waals surface area contributed by atoms with Gasteiger partial charge in [-0.05, 0) is 17.9 Å². The molecule has 18 heavy (non-hydrogen) atoms. The van der Waals surface area contributed by atoms with Crippen LogP contribution in [0.3, 0.4) is 0 Å². The largest absolute Gasteiger partial charge is 0.462 e. The van der Waals surface area contributed by atoms with Crippen LogP contribution in [0.2, 0.25) is 0 Å². The van der Waals surface area contributed by atoms with Crippen LogP contribution >= 0.6 is 22.0 Å². The Morgan fingerprint density at radius 1 is 1.44 bits per heavy atom. The van der Waals surface area contributed by atoms with Gasteiger partial charge in [-0.3, -0.25) is 0 Å². The maximum absolute atomic E-state index is 11.6. The van der Waals surface area contributed by atoms with Crippen LogP contribution < -0.4 is 0 Å². The summed E-state index contributed by atoms with van der Waals surface area (Å²) in [5, 5.41) is 1.43. The third kappa shape index (κ3) is 4.96. The fourth-order valence-corrected chi connectivity index (χ4v) is 3.02. The van der Waals surface area contributed by atoms with Gasteiger partial charge in [0, 0.05) is 16.1 Å². The molecule has 7 heteroatoms. The lowest BCUT2D eigenvalue weighted by Crippen LogP contribution is -2.12. The molecular weight excluding hydrogens is 296 g/mol. The Bertz CT molecular complexity index is 525. The summed E-state index contributed by atoms with van der Waals surface area (Å²) in [6.07, 6.45) is 0.740. The molecule has 0 aliphatic rings. The number of rotatable bonds is 4. The first-order valence-corrected chi connectivity index (χ1v) is 8.49.